The molecule has 0 spiro atoms. The van der Waals surface area contributed by atoms with Gasteiger partial charge in [0.05, 0.1) is 0 Å². The van der Waals surface area contributed by atoms with E-state index >= 15 is 0 Å². The highest BCUT2D eigenvalue weighted by Gasteiger charge is 2.43. The Kier molecular flexibility index (Phi) is 6.47. The minimum Gasteiger partial charge on any atom is -0.355 e. The maximum absolute atomic E-state index is 12.6. The van der Waals surface area contributed by atoms with Crippen molar-refractivity contribution in [3.05, 3.63) is 48.4 Å². The molecular formula is C22H30N6O3. The molecule has 2 aliphatic heterocycles. The molecule has 0 bridgehead atoms. The van der Waals surface area contributed by atoms with E-state index in [0.717, 1.165) is 25.9 Å². The zero-order chi connectivity index (χ0) is 21.8. The van der Waals surface area contributed by atoms with Crippen LogP contribution in [0.4, 0.5) is 11.5 Å². The lowest BCUT2D eigenvalue weighted by atomic mass is 10.0. The number of anilines is 2. The fourth-order valence-electron chi connectivity index (χ4n) is 4.57. The number of aromatic nitrogens is 2. The van der Waals surface area contributed by atoms with Gasteiger partial charge in [0, 0.05) is 49.7 Å². The Morgan fingerprint density at radius 2 is 1.94 bits per heavy atom. The van der Waals surface area contributed by atoms with Gasteiger partial charge < -0.3 is 25.7 Å². The first-order valence-electron chi connectivity index (χ1n) is 10.8. The Hall–Kier alpha value is -2.59. The molecule has 1 amide bonds. The van der Waals surface area contributed by atoms with Crippen molar-refractivity contribution >= 4 is 17.4 Å². The molecule has 2 fully saturated rings. The third-order valence-corrected chi connectivity index (χ3v) is 6.02. The summed E-state index contributed by atoms with van der Waals surface area (Å²) in [5, 5.41) is 27.9. The lowest BCUT2D eigenvalue weighted by molar-refractivity contribution is -0.285. The van der Waals surface area contributed by atoms with Crippen LogP contribution in [0.5, 0.6) is 0 Å². The minimum atomic E-state index is -1.87. The van der Waals surface area contributed by atoms with E-state index in [2.05, 4.69) is 20.6 Å². The van der Waals surface area contributed by atoms with E-state index < -0.39 is 5.91 Å². The quantitative estimate of drug-likeness (QED) is 0.536. The highest BCUT2D eigenvalue weighted by Crippen LogP contribution is 2.30. The van der Waals surface area contributed by atoms with Crippen LogP contribution >= 0.6 is 0 Å². The van der Waals surface area contributed by atoms with Crippen molar-refractivity contribution in [3.63, 3.8) is 0 Å². The van der Waals surface area contributed by atoms with Gasteiger partial charge in [0.15, 0.2) is 0 Å². The molecule has 9 nitrogen and oxygen atoms in total. The van der Waals surface area contributed by atoms with Crippen molar-refractivity contribution in [3.8, 4) is 0 Å². The second kappa shape index (κ2) is 9.27. The van der Waals surface area contributed by atoms with Crippen molar-refractivity contribution in [2.75, 3.05) is 36.4 Å². The lowest BCUT2D eigenvalue weighted by Gasteiger charge is -2.44. The van der Waals surface area contributed by atoms with Gasteiger partial charge in [0.25, 0.3) is 5.91 Å². The molecule has 0 radical (unpaired) electrons. The Morgan fingerprint density at radius 1 is 1.19 bits per heavy atom. The van der Waals surface area contributed by atoms with E-state index in [9.17, 15) is 15.0 Å². The molecule has 1 atom stereocenters. The van der Waals surface area contributed by atoms with E-state index in [1.54, 1.807) is 36.7 Å². The average molecular weight is 427 g/mol. The zero-order valence-electron chi connectivity index (χ0n) is 17.7. The predicted molar refractivity (Wildman–Crippen MR) is 118 cm³/mol. The Bertz CT molecular complexity index is 888. The van der Waals surface area contributed by atoms with Crippen LogP contribution in [0, 0.1) is 0 Å². The number of hydrogen-bond acceptors (Lipinski definition) is 8. The van der Waals surface area contributed by atoms with Crippen LogP contribution < -0.4 is 15.5 Å². The van der Waals surface area contributed by atoms with Crippen LogP contribution in [0.1, 0.15) is 36.7 Å². The molecule has 166 valence electrons. The van der Waals surface area contributed by atoms with E-state index in [1.807, 2.05) is 22.8 Å². The second-order valence-corrected chi connectivity index (χ2v) is 8.28. The molecule has 31 heavy (non-hydrogen) atoms. The van der Waals surface area contributed by atoms with E-state index in [0.29, 0.717) is 30.3 Å². The average Bonchev–Trinajstić information content (AvgIpc) is 2.90. The van der Waals surface area contributed by atoms with Gasteiger partial charge in [-0.2, -0.15) is 0 Å². The summed E-state index contributed by atoms with van der Waals surface area (Å²) in [6.45, 7) is 4.80. The van der Waals surface area contributed by atoms with Crippen LogP contribution in [0.25, 0.3) is 0 Å². The van der Waals surface area contributed by atoms with Crippen molar-refractivity contribution in [1.29, 1.82) is 0 Å². The van der Waals surface area contributed by atoms with Crippen LogP contribution in [-0.4, -0.2) is 75.2 Å². The standard InChI is InChI=1S/C22H30N6O3/c1-16-15-27(14-9-22(30,31)28(16)18-7-12-24-13-8-18)20-4-2-3-19(26-20)21(29)25-17-5-10-23-11-6-17/h2-6,10-11,16,18,24,30-31H,7-9,12-15H2,1H3,(H,23,25,29). The highest BCUT2D eigenvalue weighted by molar-refractivity contribution is 6.03. The Balaban J connectivity index is 1.50. The van der Waals surface area contributed by atoms with E-state index in [-0.39, 0.29) is 24.4 Å². The van der Waals surface area contributed by atoms with Crippen molar-refractivity contribution in [2.24, 2.45) is 0 Å². The summed E-state index contributed by atoms with van der Waals surface area (Å²) in [6.07, 6.45) is 5.17. The number of rotatable bonds is 4. The molecule has 2 saturated heterocycles. The van der Waals surface area contributed by atoms with Gasteiger partial charge in [0.2, 0.25) is 5.91 Å². The van der Waals surface area contributed by atoms with Gasteiger partial charge in [-0.25, -0.2) is 9.88 Å². The molecule has 0 saturated carbocycles. The number of aliphatic hydroxyl groups is 2. The zero-order valence-corrected chi connectivity index (χ0v) is 17.7. The minimum absolute atomic E-state index is 0.0864. The maximum atomic E-state index is 12.6. The van der Waals surface area contributed by atoms with E-state index in [4.69, 9.17) is 0 Å². The van der Waals surface area contributed by atoms with Crippen LogP contribution in [0.2, 0.25) is 0 Å². The third-order valence-electron chi connectivity index (χ3n) is 6.02. The summed E-state index contributed by atoms with van der Waals surface area (Å²) >= 11 is 0. The van der Waals surface area contributed by atoms with Crippen molar-refractivity contribution in [1.82, 2.24) is 20.2 Å². The lowest BCUT2D eigenvalue weighted by Crippen LogP contribution is -2.59. The van der Waals surface area contributed by atoms with Gasteiger partial charge in [-0.15, -0.1) is 0 Å². The molecule has 4 N–H and O–H groups in total. The summed E-state index contributed by atoms with van der Waals surface area (Å²) in [4.78, 5) is 25.0. The summed E-state index contributed by atoms with van der Waals surface area (Å²) in [7, 11) is 0. The summed E-state index contributed by atoms with van der Waals surface area (Å²) in [5.41, 5.74) is 0.958. The molecule has 1 unspecified atom stereocenters. The number of piperidine rings is 1. The molecule has 4 heterocycles. The fourth-order valence-corrected chi connectivity index (χ4v) is 4.57. The first kappa shape index (κ1) is 21.6. The van der Waals surface area contributed by atoms with Crippen LogP contribution in [0.3, 0.4) is 0 Å². The number of amides is 1. The smallest absolute Gasteiger partial charge is 0.274 e. The van der Waals surface area contributed by atoms with Crippen molar-refractivity contribution < 1.29 is 15.0 Å². The van der Waals surface area contributed by atoms with Gasteiger partial charge in [-0.3, -0.25) is 9.78 Å². The number of nitrogens with one attached hydrogen (secondary N) is 2. The summed E-state index contributed by atoms with van der Waals surface area (Å²) in [6, 6.07) is 8.80. The van der Waals surface area contributed by atoms with Crippen LogP contribution in [-0.2, 0) is 0 Å². The maximum Gasteiger partial charge on any atom is 0.274 e. The normalized spacial score (nSPS) is 22.7. The van der Waals surface area contributed by atoms with Crippen LogP contribution in [0.15, 0.2) is 42.7 Å². The van der Waals surface area contributed by atoms with Gasteiger partial charge in [0.1, 0.15) is 11.5 Å². The summed E-state index contributed by atoms with van der Waals surface area (Å²) in [5.74, 6) is -1.52. The molecular weight excluding hydrogens is 396 g/mol. The largest absolute Gasteiger partial charge is 0.355 e. The number of pyridine rings is 2. The third kappa shape index (κ3) is 5.01. The molecule has 2 aliphatic rings. The Labute approximate surface area is 182 Å². The first-order valence-corrected chi connectivity index (χ1v) is 10.8. The first-order chi connectivity index (χ1) is 14.9. The topological polar surface area (TPSA) is 114 Å². The molecule has 4 rings (SSSR count). The monoisotopic (exact) mass is 426 g/mol. The van der Waals surface area contributed by atoms with Gasteiger partial charge >= 0.3 is 0 Å². The Morgan fingerprint density at radius 3 is 2.68 bits per heavy atom. The second-order valence-electron chi connectivity index (χ2n) is 8.28. The number of nitrogens with zero attached hydrogens (tertiary/aromatic N) is 4. The molecule has 2 aromatic rings. The number of hydrogen-bond donors (Lipinski definition) is 4. The molecule has 9 heteroatoms. The van der Waals surface area contributed by atoms with E-state index in [1.165, 1.54) is 0 Å². The predicted octanol–water partition coefficient (Wildman–Crippen LogP) is 1.02. The molecule has 2 aromatic heterocycles. The fraction of sp³-hybridized carbons (Fsp3) is 0.500. The number of carbonyl (C=O) groups excluding carboxylic acids is 1. The van der Waals surface area contributed by atoms with Gasteiger partial charge in [-0.05, 0) is 57.1 Å². The number of carbonyl (C=O) groups is 1. The van der Waals surface area contributed by atoms with Gasteiger partial charge in [-0.1, -0.05) is 6.07 Å². The highest BCUT2D eigenvalue weighted by atomic mass is 16.5. The van der Waals surface area contributed by atoms with Crippen molar-refractivity contribution in [2.45, 2.75) is 44.2 Å². The molecule has 0 aliphatic carbocycles. The summed E-state index contributed by atoms with van der Waals surface area (Å²) < 4.78 is 0. The SMILES string of the molecule is CC1CN(c2cccc(C(=O)Nc3ccncc3)n2)CCC(O)(O)N1C1CCNCC1. The molecule has 0 aromatic carbocycles.